The second kappa shape index (κ2) is 9.44. The van der Waals surface area contributed by atoms with Gasteiger partial charge in [-0.1, -0.05) is 17.7 Å². The van der Waals surface area contributed by atoms with Gasteiger partial charge in [-0.05, 0) is 123 Å². The number of anilines is 4. The summed E-state index contributed by atoms with van der Waals surface area (Å²) in [5.74, 6) is 2.99. The summed E-state index contributed by atoms with van der Waals surface area (Å²) in [7, 11) is 0. The van der Waals surface area contributed by atoms with Crippen LogP contribution in [0.15, 0.2) is 60.8 Å². The first-order chi connectivity index (χ1) is 17.5. The van der Waals surface area contributed by atoms with Gasteiger partial charge < -0.3 is 15.4 Å². The zero-order valence-corrected chi connectivity index (χ0v) is 21.4. The number of benzene rings is 2. The highest BCUT2D eigenvalue weighted by Crippen LogP contribution is 2.61. The molecule has 0 saturated heterocycles. The maximum atomic E-state index is 12.0. The first kappa shape index (κ1) is 23.4. The van der Waals surface area contributed by atoms with E-state index in [2.05, 4.69) is 33.8 Å². The third-order valence-electron chi connectivity index (χ3n) is 8.33. The van der Waals surface area contributed by atoms with Crippen molar-refractivity contribution in [2.45, 2.75) is 50.9 Å². The molecule has 6 heteroatoms. The number of aromatic nitrogens is 1. The molecule has 0 unspecified atom stereocenters. The number of rotatable bonds is 7. The van der Waals surface area contributed by atoms with Crippen molar-refractivity contribution < 1.29 is 9.53 Å². The van der Waals surface area contributed by atoms with Gasteiger partial charge in [0.1, 0.15) is 5.82 Å². The van der Waals surface area contributed by atoms with Gasteiger partial charge in [-0.15, -0.1) is 0 Å². The summed E-state index contributed by atoms with van der Waals surface area (Å²) in [5, 5.41) is 7.49. The molecule has 2 N–H and O–H groups in total. The summed E-state index contributed by atoms with van der Waals surface area (Å²) in [6.45, 7) is 2.13. The minimum atomic E-state index is -0.353. The minimum Gasteiger partial charge on any atom is -0.462 e. The molecular weight excluding hydrogens is 470 g/mol. The monoisotopic (exact) mass is 501 g/mol. The molecule has 3 aromatic rings. The summed E-state index contributed by atoms with van der Waals surface area (Å²) in [6.07, 6.45) is 9.97. The Morgan fingerprint density at radius 2 is 1.58 bits per heavy atom. The van der Waals surface area contributed by atoms with E-state index in [-0.39, 0.29) is 5.97 Å². The maximum Gasteiger partial charge on any atom is 0.338 e. The Bertz CT molecular complexity index is 1240. The van der Waals surface area contributed by atoms with Crippen molar-refractivity contribution in [2.75, 3.05) is 17.2 Å². The van der Waals surface area contributed by atoms with E-state index in [1.807, 2.05) is 24.3 Å². The SMILES string of the molecule is CCOC(=O)c1ccnc(Nc2ccc(Nc3ccc(C45CC6CC(CC(C6)C4)C5)cc3Cl)cc2)c1. The molecule has 0 atom stereocenters. The standard InChI is InChI=1S/C30H32ClN3O2/c1-2-36-29(35)22-9-10-32-28(14-22)34-25-6-4-24(5-7-25)33-27-8-3-23(15-26(27)31)30-16-19-11-20(17-30)13-21(12-19)18-30/h3-10,14-15,19-21,33H,2,11-13,16-18H2,1H3,(H,32,34). The van der Waals surface area contributed by atoms with Gasteiger partial charge in [0.15, 0.2) is 0 Å². The third-order valence-corrected chi connectivity index (χ3v) is 8.64. The second-order valence-electron chi connectivity index (χ2n) is 10.9. The molecule has 0 spiro atoms. The van der Waals surface area contributed by atoms with Crippen molar-refractivity contribution in [3.05, 3.63) is 76.9 Å². The molecule has 36 heavy (non-hydrogen) atoms. The smallest absolute Gasteiger partial charge is 0.338 e. The Morgan fingerprint density at radius 3 is 2.19 bits per heavy atom. The number of ether oxygens (including phenoxy) is 1. The first-order valence-electron chi connectivity index (χ1n) is 13.1. The van der Waals surface area contributed by atoms with Crippen LogP contribution in [0, 0.1) is 17.8 Å². The predicted molar refractivity (Wildman–Crippen MR) is 145 cm³/mol. The zero-order chi connectivity index (χ0) is 24.7. The van der Waals surface area contributed by atoms with E-state index in [0.29, 0.717) is 23.4 Å². The number of nitrogens with zero attached hydrogens (tertiary/aromatic N) is 1. The highest BCUT2D eigenvalue weighted by atomic mass is 35.5. The number of carbonyl (C=O) groups excluding carboxylic acids is 1. The van der Waals surface area contributed by atoms with Gasteiger partial charge >= 0.3 is 5.97 Å². The van der Waals surface area contributed by atoms with Gasteiger partial charge in [0.25, 0.3) is 0 Å². The first-order valence-corrected chi connectivity index (χ1v) is 13.4. The van der Waals surface area contributed by atoms with Gasteiger partial charge in [-0.3, -0.25) is 0 Å². The fourth-order valence-corrected chi connectivity index (χ4v) is 7.42. The number of carbonyl (C=O) groups is 1. The molecule has 5 nitrogen and oxygen atoms in total. The Balaban J connectivity index is 1.13. The molecule has 4 aliphatic carbocycles. The Labute approximate surface area is 217 Å². The Hall–Kier alpha value is -3.05. The highest BCUT2D eigenvalue weighted by Gasteiger charge is 2.51. The summed E-state index contributed by atoms with van der Waals surface area (Å²) in [4.78, 5) is 16.3. The lowest BCUT2D eigenvalue weighted by atomic mass is 9.48. The van der Waals surface area contributed by atoms with Gasteiger partial charge in [-0.25, -0.2) is 9.78 Å². The van der Waals surface area contributed by atoms with Crippen molar-refractivity contribution >= 4 is 40.5 Å². The van der Waals surface area contributed by atoms with E-state index in [4.69, 9.17) is 16.3 Å². The number of esters is 1. The normalized spacial score (nSPS) is 26.0. The van der Waals surface area contributed by atoms with Crippen LogP contribution in [0.3, 0.4) is 0 Å². The van der Waals surface area contributed by atoms with Gasteiger partial charge in [0.05, 0.1) is 22.9 Å². The number of nitrogens with one attached hydrogen (secondary N) is 2. The van der Waals surface area contributed by atoms with Gasteiger partial charge in [-0.2, -0.15) is 0 Å². The molecule has 4 fully saturated rings. The van der Waals surface area contributed by atoms with Crippen molar-refractivity contribution in [3.8, 4) is 0 Å². The minimum absolute atomic E-state index is 0.341. The molecule has 0 amide bonds. The van der Waals surface area contributed by atoms with Crippen LogP contribution >= 0.6 is 11.6 Å². The lowest BCUT2D eigenvalue weighted by Crippen LogP contribution is -2.48. The lowest BCUT2D eigenvalue weighted by Gasteiger charge is -2.57. The van der Waals surface area contributed by atoms with E-state index < -0.39 is 0 Å². The maximum absolute atomic E-state index is 12.0. The second-order valence-corrected chi connectivity index (χ2v) is 11.3. The molecular formula is C30H32ClN3O2. The van der Waals surface area contributed by atoms with Crippen molar-refractivity contribution in [2.24, 2.45) is 17.8 Å². The third kappa shape index (κ3) is 4.57. The summed E-state index contributed by atoms with van der Waals surface area (Å²) in [6, 6.07) is 17.9. The number of hydrogen-bond acceptors (Lipinski definition) is 5. The molecule has 1 aromatic heterocycles. The molecule has 0 radical (unpaired) electrons. The van der Waals surface area contributed by atoms with Crippen LogP contribution in [-0.4, -0.2) is 17.6 Å². The van der Waals surface area contributed by atoms with E-state index in [1.165, 1.54) is 44.1 Å². The fraction of sp³-hybridized carbons (Fsp3) is 0.400. The van der Waals surface area contributed by atoms with Crippen LogP contribution in [-0.2, 0) is 10.2 Å². The quantitative estimate of drug-likeness (QED) is 0.322. The van der Waals surface area contributed by atoms with E-state index in [0.717, 1.165) is 39.8 Å². The van der Waals surface area contributed by atoms with Crippen LogP contribution in [0.1, 0.15) is 61.4 Å². The Kier molecular flexibility index (Phi) is 6.12. The van der Waals surface area contributed by atoms with Crippen molar-refractivity contribution in [3.63, 3.8) is 0 Å². The van der Waals surface area contributed by atoms with Crippen LogP contribution < -0.4 is 10.6 Å². The molecule has 2 aromatic carbocycles. The van der Waals surface area contributed by atoms with Crippen LogP contribution in [0.4, 0.5) is 22.9 Å². The van der Waals surface area contributed by atoms with Crippen LogP contribution in [0.5, 0.6) is 0 Å². The van der Waals surface area contributed by atoms with Crippen molar-refractivity contribution in [1.82, 2.24) is 4.98 Å². The molecule has 4 saturated carbocycles. The van der Waals surface area contributed by atoms with E-state index >= 15 is 0 Å². The molecule has 0 aliphatic heterocycles. The average molecular weight is 502 g/mol. The summed E-state index contributed by atoms with van der Waals surface area (Å²) < 4.78 is 5.07. The number of hydrogen-bond donors (Lipinski definition) is 2. The topological polar surface area (TPSA) is 63.2 Å². The number of pyridine rings is 1. The molecule has 186 valence electrons. The van der Waals surface area contributed by atoms with E-state index in [1.54, 1.807) is 25.3 Å². The van der Waals surface area contributed by atoms with Gasteiger partial charge in [0.2, 0.25) is 0 Å². The predicted octanol–water partition coefficient (Wildman–Crippen LogP) is 7.87. The van der Waals surface area contributed by atoms with Crippen molar-refractivity contribution in [1.29, 1.82) is 0 Å². The van der Waals surface area contributed by atoms with Gasteiger partial charge in [0, 0.05) is 17.6 Å². The number of halogens is 1. The zero-order valence-electron chi connectivity index (χ0n) is 20.6. The van der Waals surface area contributed by atoms with Crippen LogP contribution in [0.25, 0.3) is 0 Å². The molecule has 1 heterocycles. The molecule has 4 aliphatic rings. The largest absolute Gasteiger partial charge is 0.462 e. The Morgan fingerprint density at radius 1 is 0.944 bits per heavy atom. The summed E-state index contributed by atoms with van der Waals surface area (Å²) in [5.41, 5.74) is 5.02. The van der Waals surface area contributed by atoms with E-state index in [9.17, 15) is 4.79 Å². The van der Waals surface area contributed by atoms with Crippen LogP contribution in [0.2, 0.25) is 5.02 Å². The fourth-order valence-electron chi connectivity index (χ4n) is 7.19. The molecule has 7 rings (SSSR count). The lowest BCUT2D eigenvalue weighted by molar-refractivity contribution is -0.00518. The average Bonchev–Trinajstić information content (AvgIpc) is 2.86. The molecule has 4 bridgehead atoms. The highest BCUT2D eigenvalue weighted by molar-refractivity contribution is 6.33. The summed E-state index contributed by atoms with van der Waals surface area (Å²) >= 11 is 6.80.